The van der Waals surface area contributed by atoms with Crippen LogP contribution >= 0.6 is 0 Å². The third-order valence-electron chi connectivity index (χ3n) is 5.26. The summed E-state index contributed by atoms with van der Waals surface area (Å²) in [5, 5.41) is 12.5. The predicted octanol–water partition coefficient (Wildman–Crippen LogP) is 5.81. The minimum absolute atomic E-state index is 0.00699. The highest BCUT2D eigenvalue weighted by atomic mass is 19.4. The molecule has 1 atom stereocenters. The summed E-state index contributed by atoms with van der Waals surface area (Å²) in [7, 11) is 0. The maximum Gasteiger partial charge on any atom is 0.416 e. The van der Waals surface area contributed by atoms with Gasteiger partial charge in [0.2, 0.25) is 0 Å². The first-order valence-electron chi connectivity index (χ1n) is 10.3. The van der Waals surface area contributed by atoms with Crippen molar-refractivity contribution < 1.29 is 37.0 Å². The van der Waals surface area contributed by atoms with Crippen LogP contribution in [-0.2, 0) is 17.6 Å². The Morgan fingerprint density at radius 2 is 1.62 bits per heavy atom. The number of carbonyl (C=O) groups is 2. The monoisotopic (exact) mass is 477 g/mol. The maximum atomic E-state index is 14.4. The molecule has 0 aliphatic carbocycles. The van der Waals surface area contributed by atoms with Crippen LogP contribution in [0.3, 0.4) is 0 Å². The van der Waals surface area contributed by atoms with E-state index in [0.29, 0.717) is 5.56 Å². The molecule has 0 saturated carbocycles. The molecule has 0 aromatic heterocycles. The van der Waals surface area contributed by atoms with Crippen LogP contribution in [0.5, 0.6) is 5.75 Å². The van der Waals surface area contributed by atoms with Gasteiger partial charge in [-0.3, -0.25) is 4.79 Å². The summed E-state index contributed by atoms with van der Waals surface area (Å²) in [6.45, 7) is 4.77. The number of fused-ring (bicyclic) bond motifs is 1. The second kappa shape index (κ2) is 9.32. The van der Waals surface area contributed by atoms with Gasteiger partial charge in [0.1, 0.15) is 24.2 Å². The van der Waals surface area contributed by atoms with E-state index >= 15 is 0 Å². The van der Waals surface area contributed by atoms with Crippen LogP contribution in [-0.4, -0.2) is 23.0 Å². The Bertz CT molecular complexity index is 1210. The van der Waals surface area contributed by atoms with Crippen LogP contribution in [0.15, 0.2) is 54.6 Å². The summed E-state index contributed by atoms with van der Waals surface area (Å²) in [5.41, 5.74) is -1.25. The number of carboxylic acid groups (broad SMARTS) is 1. The van der Waals surface area contributed by atoms with Gasteiger partial charge in [-0.15, -0.1) is 0 Å². The third-order valence-corrected chi connectivity index (χ3v) is 5.26. The fraction of sp³-hybridized carbons (Fsp3) is 0.280. The van der Waals surface area contributed by atoms with E-state index < -0.39 is 40.9 Å². The zero-order valence-electron chi connectivity index (χ0n) is 18.7. The number of aliphatic carboxylic acids is 1. The molecule has 0 heterocycles. The van der Waals surface area contributed by atoms with Gasteiger partial charge in [-0.25, -0.2) is 9.18 Å². The van der Waals surface area contributed by atoms with E-state index in [9.17, 15) is 32.3 Å². The molecule has 3 aromatic rings. The van der Waals surface area contributed by atoms with Crippen molar-refractivity contribution in [3.8, 4) is 5.75 Å². The molecule has 0 spiro atoms. The van der Waals surface area contributed by atoms with Gasteiger partial charge < -0.3 is 15.2 Å². The largest absolute Gasteiger partial charge is 0.487 e. The van der Waals surface area contributed by atoms with Crippen LogP contribution in [0.2, 0.25) is 0 Å². The Balaban J connectivity index is 1.98. The molecular formula is C25H23F4NO4. The van der Waals surface area contributed by atoms with Crippen molar-refractivity contribution >= 4 is 22.6 Å². The summed E-state index contributed by atoms with van der Waals surface area (Å²) in [6.07, 6.45) is -4.48. The van der Waals surface area contributed by atoms with Gasteiger partial charge in [-0.2, -0.15) is 13.2 Å². The van der Waals surface area contributed by atoms with Crippen molar-refractivity contribution in [2.75, 3.05) is 0 Å². The predicted molar refractivity (Wildman–Crippen MR) is 118 cm³/mol. The Morgan fingerprint density at radius 3 is 2.18 bits per heavy atom. The van der Waals surface area contributed by atoms with E-state index in [2.05, 4.69) is 5.32 Å². The number of ether oxygens (including phenoxy) is 1. The Kier molecular flexibility index (Phi) is 6.86. The number of rotatable bonds is 6. The molecule has 1 amide bonds. The minimum Gasteiger partial charge on any atom is -0.487 e. The highest BCUT2D eigenvalue weighted by Crippen LogP contribution is 2.33. The summed E-state index contributed by atoms with van der Waals surface area (Å²) < 4.78 is 58.6. The number of nitrogens with one attached hydrogen (secondary N) is 1. The van der Waals surface area contributed by atoms with Crippen molar-refractivity contribution in [1.82, 2.24) is 5.32 Å². The minimum atomic E-state index is -4.48. The molecule has 3 aromatic carbocycles. The quantitative estimate of drug-likeness (QED) is 0.440. The second-order valence-corrected chi connectivity index (χ2v) is 8.87. The van der Waals surface area contributed by atoms with Crippen LogP contribution in [0.25, 0.3) is 10.8 Å². The third kappa shape index (κ3) is 5.47. The van der Waals surface area contributed by atoms with Crippen molar-refractivity contribution in [2.24, 2.45) is 5.41 Å². The zero-order chi connectivity index (χ0) is 25.3. The first-order chi connectivity index (χ1) is 15.8. The lowest BCUT2D eigenvalue weighted by molar-refractivity contribution is -0.142. The number of alkyl halides is 3. The van der Waals surface area contributed by atoms with E-state index in [4.69, 9.17) is 4.74 Å². The first-order valence-corrected chi connectivity index (χ1v) is 10.3. The molecule has 0 aliphatic heterocycles. The van der Waals surface area contributed by atoms with Gasteiger partial charge in [0.15, 0.2) is 0 Å². The number of hydrogen-bond acceptors (Lipinski definition) is 3. The molecule has 0 unspecified atom stereocenters. The Morgan fingerprint density at radius 1 is 0.971 bits per heavy atom. The SMILES string of the molecule is CC(C)(C)[C@H](NC(=O)c1ccc2c(F)cccc2c1OCc1ccc(C(F)(F)F)cc1)C(=O)O. The van der Waals surface area contributed by atoms with Crippen molar-refractivity contribution in [3.63, 3.8) is 0 Å². The summed E-state index contributed by atoms with van der Waals surface area (Å²) >= 11 is 0. The summed E-state index contributed by atoms with van der Waals surface area (Å²) in [4.78, 5) is 24.7. The standard InChI is InChI=1S/C25H23F4NO4/c1-24(2,3)21(23(32)33)30-22(31)18-12-11-16-17(5-4-6-19(16)26)20(18)34-13-14-7-9-15(10-8-14)25(27,28)29/h4-12,21H,13H2,1-3H3,(H,30,31)(H,32,33)/t21-/m1/s1. The molecule has 0 bridgehead atoms. The number of carbonyl (C=O) groups excluding carboxylic acids is 1. The Labute approximate surface area is 193 Å². The van der Waals surface area contributed by atoms with E-state index in [1.165, 1.54) is 42.5 Å². The lowest BCUT2D eigenvalue weighted by atomic mass is 9.86. The van der Waals surface area contributed by atoms with Crippen LogP contribution in [0.1, 0.15) is 42.3 Å². The van der Waals surface area contributed by atoms with Crippen LogP contribution < -0.4 is 10.1 Å². The van der Waals surface area contributed by atoms with Crippen molar-refractivity contribution in [3.05, 3.63) is 77.1 Å². The molecule has 2 N–H and O–H groups in total. The first kappa shape index (κ1) is 25.0. The smallest absolute Gasteiger partial charge is 0.416 e. The fourth-order valence-corrected chi connectivity index (χ4v) is 3.43. The summed E-state index contributed by atoms with van der Waals surface area (Å²) in [5.74, 6) is -2.52. The zero-order valence-corrected chi connectivity index (χ0v) is 18.7. The van der Waals surface area contributed by atoms with Crippen LogP contribution in [0, 0.1) is 11.2 Å². The Hall–Kier alpha value is -3.62. The topological polar surface area (TPSA) is 75.6 Å². The number of hydrogen-bond donors (Lipinski definition) is 2. The van der Waals surface area contributed by atoms with E-state index in [1.807, 2.05) is 0 Å². The number of halogens is 4. The normalized spacial score (nSPS) is 12.9. The van der Waals surface area contributed by atoms with Gasteiger partial charge in [0.05, 0.1) is 11.1 Å². The van der Waals surface area contributed by atoms with E-state index in [1.54, 1.807) is 20.8 Å². The van der Waals surface area contributed by atoms with E-state index in [-0.39, 0.29) is 28.7 Å². The van der Waals surface area contributed by atoms with Gasteiger partial charge in [0.25, 0.3) is 5.91 Å². The van der Waals surface area contributed by atoms with Crippen molar-refractivity contribution in [1.29, 1.82) is 0 Å². The fourth-order valence-electron chi connectivity index (χ4n) is 3.43. The van der Waals surface area contributed by atoms with Gasteiger partial charge in [0, 0.05) is 10.8 Å². The average Bonchev–Trinajstić information content (AvgIpc) is 2.74. The lowest BCUT2D eigenvalue weighted by Gasteiger charge is -2.28. The molecule has 0 radical (unpaired) electrons. The molecule has 180 valence electrons. The lowest BCUT2D eigenvalue weighted by Crippen LogP contribution is -2.49. The maximum absolute atomic E-state index is 14.4. The molecule has 9 heteroatoms. The number of amides is 1. The molecule has 0 saturated heterocycles. The highest BCUT2D eigenvalue weighted by molar-refractivity contribution is 6.05. The summed E-state index contributed by atoms with van der Waals surface area (Å²) in [6, 6.07) is 10.0. The van der Waals surface area contributed by atoms with Crippen LogP contribution in [0.4, 0.5) is 17.6 Å². The molecule has 34 heavy (non-hydrogen) atoms. The van der Waals surface area contributed by atoms with Gasteiger partial charge in [-0.05, 0) is 35.2 Å². The van der Waals surface area contributed by atoms with Gasteiger partial charge in [-0.1, -0.05) is 51.1 Å². The second-order valence-electron chi connectivity index (χ2n) is 8.87. The molecule has 3 rings (SSSR count). The van der Waals surface area contributed by atoms with Gasteiger partial charge >= 0.3 is 12.1 Å². The number of benzene rings is 3. The molecule has 0 aliphatic rings. The molecule has 5 nitrogen and oxygen atoms in total. The molecular weight excluding hydrogens is 454 g/mol. The van der Waals surface area contributed by atoms with E-state index in [0.717, 1.165) is 12.1 Å². The van der Waals surface area contributed by atoms with Crippen molar-refractivity contribution in [2.45, 2.75) is 39.6 Å². The molecule has 0 fully saturated rings. The number of carboxylic acids is 1. The average molecular weight is 477 g/mol. The highest BCUT2D eigenvalue weighted by Gasteiger charge is 2.34.